The SMILES string of the molecule is C[C@H]1[C@H](C=Cc2ccc(-c3ccccc3C#N)cn2)c2ccsc2C[C@@H]1C. The molecule has 27 heavy (non-hydrogen) atoms. The third-order valence-corrected chi connectivity index (χ3v) is 6.69. The van der Waals surface area contributed by atoms with Gasteiger partial charge in [-0.05, 0) is 53.5 Å². The number of rotatable bonds is 3. The smallest absolute Gasteiger partial charge is 0.0998 e. The van der Waals surface area contributed by atoms with Gasteiger partial charge in [0, 0.05) is 28.1 Å². The minimum absolute atomic E-state index is 0.454. The molecule has 2 heterocycles. The minimum atomic E-state index is 0.454. The number of benzene rings is 1. The summed E-state index contributed by atoms with van der Waals surface area (Å²) < 4.78 is 0. The maximum Gasteiger partial charge on any atom is 0.0998 e. The molecule has 2 nitrogen and oxygen atoms in total. The standard InChI is InChI=1S/C24H22N2S/c1-16-13-24-23(11-12-27-24)21(17(16)2)10-9-20-8-7-19(15-26-20)22-6-4-3-5-18(22)14-25/h3-12,15-17,21H,13H2,1-2H3/t16-,17+,21-/m0/s1. The Hall–Kier alpha value is -2.70. The average Bonchev–Trinajstić information content (AvgIpc) is 3.16. The Kier molecular flexibility index (Phi) is 4.92. The van der Waals surface area contributed by atoms with Crippen LogP contribution >= 0.6 is 11.3 Å². The van der Waals surface area contributed by atoms with Crippen LogP contribution in [0, 0.1) is 23.2 Å². The van der Waals surface area contributed by atoms with Gasteiger partial charge in [0.15, 0.2) is 0 Å². The monoisotopic (exact) mass is 370 g/mol. The lowest BCUT2D eigenvalue weighted by Crippen LogP contribution is -2.23. The summed E-state index contributed by atoms with van der Waals surface area (Å²) in [4.78, 5) is 6.14. The third kappa shape index (κ3) is 3.46. The Labute approximate surface area is 164 Å². The highest BCUT2D eigenvalue weighted by Gasteiger charge is 2.30. The van der Waals surface area contributed by atoms with Gasteiger partial charge in [0.2, 0.25) is 0 Å². The van der Waals surface area contributed by atoms with Gasteiger partial charge in [0.1, 0.15) is 0 Å². The lowest BCUT2D eigenvalue weighted by molar-refractivity contribution is 0.336. The van der Waals surface area contributed by atoms with Crippen molar-refractivity contribution in [1.82, 2.24) is 4.98 Å². The van der Waals surface area contributed by atoms with Crippen LogP contribution in [0.2, 0.25) is 0 Å². The molecule has 0 radical (unpaired) electrons. The van der Waals surface area contributed by atoms with Crippen molar-refractivity contribution >= 4 is 17.4 Å². The van der Waals surface area contributed by atoms with Crippen LogP contribution in [0.15, 0.2) is 60.1 Å². The molecule has 0 spiro atoms. The summed E-state index contributed by atoms with van der Waals surface area (Å²) in [6.07, 6.45) is 7.51. The van der Waals surface area contributed by atoms with Crippen molar-refractivity contribution < 1.29 is 0 Å². The fourth-order valence-electron chi connectivity index (χ4n) is 3.91. The average molecular weight is 371 g/mol. The fraction of sp³-hybridized carbons (Fsp3) is 0.250. The summed E-state index contributed by atoms with van der Waals surface area (Å²) in [7, 11) is 0. The molecule has 0 aliphatic heterocycles. The molecular formula is C24H22N2S. The van der Waals surface area contributed by atoms with Crippen LogP contribution in [0.1, 0.15) is 41.5 Å². The van der Waals surface area contributed by atoms with E-state index in [1.807, 2.05) is 53.9 Å². The lowest BCUT2D eigenvalue weighted by Gasteiger charge is -2.32. The lowest BCUT2D eigenvalue weighted by atomic mass is 9.73. The molecule has 3 aromatic rings. The summed E-state index contributed by atoms with van der Waals surface area (Å²) in [6.45, 7) is 4.71. The quantitative estimate of drug-likeness (QED) is 0.542. The zero-order valence-corrected chi connectivity index (χ0v) is 16.4. The molecule has 0 N–H and O–H groups in total. The Bertz CT molecular complexity index is 1010. The van der Waals surface area contributed by atoms with Gasteiger partial charge in [-0.15, -0.1) is 11.3 Å². The second kappa shape index (κ2) is 7.50. The number of thiophene rings is 1. The number of hydrogen-bond acceptors (Lipinski definition) is 3. The molecule has 2 aromatic heterocycles. The van der Waals surface area contributed by atoms with Crippen LogP contribution < -0.4 is 0 Å². The van der Waals surface area contributed by atoms with E-state index < -0.39 is 0 Å². The normalized spacial score (nSPS) is 21.7. The highest BCUT2D eigenvalue weighted by Crippen LogP contribution is 2.42. The minimum Gasteiger partial charge on any atom is -0.256 e. The van der Waals surface area contributed by atoms with E-state index in [1.54, 1.807) is 0 Å². The summed E-state index contributed by atoms with van der Waals surface area (Å²) in [5.74, 6) is 1.78. The van der Waals surface area contributed by atoms with E-state index in [2.05, 4.69) is 48.5 Å². The zero-order chi connectivity index (χ0) is 18.8. The number of hydrogen-bond donors (Lipinski definition) is 0. The first-order chi connectivity index (χ1) is 13.2. The highest BCUT2D eigenvalue weighted by atomic mass is 32.1. The molecule has 0 saturated heterocycles. The van der Waals surface area contributed by atoms with Crippen LogP contribution in [0.5, 0.6) is 0 Å². The molecule has 1 aromatic carbocycles. The first-order valence-electron chi connectivity index (χ1n) is 9.37. The van der Waals surface area contributed by atoms with Gasteiger partial charge in [0.25, 0.3) is 0 Å². The summed E-state index contributed by atoms with van der Waals surface area (Å²) in [6, 6.07) is 16.3. The third-order valence-electron chi connectivity index (χ3n) is 5.73. The van der Waals surface area contributed by atoms with Gasteiger partial charge in [-0.1, -0.05) is 44.2 Å². The number of nitriles is 1. The highest BCUT2D eigenvalue weighted by molar-refractivity contribution is 7.10. The van der Waals surface area contributed by atoms with Crippen molar-refractivity contribution in [3.05, 3.63) is 81.8 Å². The number of fused-ring (bicyclic) bond motifs is 1. The molecule has 0 bridgehead atoms. The molecule has 0 unspecified atom stereocenters. The molecule has 134 valence electrons. The molecule has 0 saturated carbocycles. The first kappa shape index (κ1) is 17.7. The zero-order valence-electron chi connectivity index (χ0n) is 15.6. The van der Waals surface area contributed by atoms with E-state index in [4.69, 9.17) is 0 Å². The van der Waals surface area contributed by atoms with Gasteiger partial charge in [-0.25, -0.2) is 0 Å². The molecule has 4 rings (SSSR count). The fourth-order valence-corrected chi connectivity index (χ4v) is 4.98. The van der Waals surface area contributed by atoms with E-state index in [1.165, 1.54) is 16.9 Å². The van der Waals surface area contributed by atoms with Crippen LogP contribution in [0.25, 0.3) is 17.2 Å². The van der Waals surface area contributed by atoms with Crippen LogP contribution in [-0.4, -0.2) is 4.98 Å². The van der Waals surface area contributed by atoms with E-state index in [-0.39, 0.29) is 0 Å². The Morgan fingerprint density at radius 2 is 2.00 bits per heavy atom. The summed E-state index contributed by atoms with van der Waals surface area (Å²) in [5, 5.41) is 11.5. The van der Waals surface area contributed by atoms with E-state index in [0.29, 0.717) is 23.3 Å². The predicted molar refractivity (Wildman–Crippen MR) is 113 cm³/mol. The van der Waals surface area contributed by atoms with Crippen LogP contribution in [0.4, 0.5) is 0 Å². The van der Waals surface area contributed by atoms with Crippen molar-refractivity contribution in [3.8, 4) is 17.2 Å². The molecule has 0 fully saturated rings. The number of pyridine rings is 1. The number of allylic oxidation sites excluding steroid dienone is 1. The Morgan fingerprint density at radius 1 is 1.15 bits per heavy atom. The van der Waals surface area contributed by atoms with Gasteiger partial charge < -0.3 is 0 Å². The van der Waals surface area contributed by atoms with E-state index >= 15 is 0 Å². The molecule has 1 aliphatic carbocycles. The predicted octanol–water partition coefficient (Wildman–Crippen LogP) is 6.31. The Balaban J connectivity index is 1.58. The van der Waals surface area contributed by atoms with Crippen molar-refractivity contribution in [3.63, 3.8) is 0 Å². The first-order valence-corrected chi connectivity index (χ1v) is 10.3. The van der Waals surface area contributed by atoms with Crippen LogP contribution in [0.3, 0.4) is 0 Å². The molecule has 0 amide bonds. The molecule has 3 heteroatoms. The maximum atomic E-state index is 9.29. The van der Waals surface area contributed by atoms with Crippen molar-refractivity contribution in [2.75, 3.05) is 0 Å². The van der Waals surface area contributed by atoms with Crippen LogP contribution in [-0.2, 0) is 6.42 Å². The summed E-state index contributed by atoms with van der Waals surface area (Å²) in [5.41, 5.74) is 5.03. The second-order valence-electron chi connectivity index (χ2n) is 7.35. The molecule has 3 atom stereocenters. The number of nitrogens with zero attached hydrogens (tertiary/aromatic N) is 2. The Morgan fingerprint density at radius 3 is 2.78 bits per heavy atom. The van der Waals surface area contributed by atoms with Gasteiger partial charge >= 0.3 is 0 Å². The van der Waals surface area contributed by atoms with Crippen molar-refractivity contribution in [2.24, 2.45) is 11.8 Å². The largest absolute Gasteiger partial charge is 0.256 e. The molecular weight excluding hydrogens is 348 g/mol. The van der Waals surface area contributed by atoms with Gasteiger partial charge in [0.05, 0.1) is 17.3 Å². The topological polar surface area (TPSA) is 36.7 Å². The number of aromatic nitrogens is 1. The van der Waals surface area contributed by atoms with E-state index in [9.17, 15) is 5.26 Å². The van der Waals surface area contributed by atoms with Crippen molar-refractivity contribution in [1.29, 1.82) is 5.26 Å². The maximum absolute atomic E-state index is 9.29. The van der Waals surface area contributed by atoms with E-state index in [0.717, 1.165) is 16.8 Å². The molecule has 1 aliphatic rings. The van der Waals surface area contributed by atoms with Gasteiger partial charge in [-0.2, -0.15) is 5.26 Å². The van der Waals surface area contributed by atoms with Crippen molar-refractivity contribution in [2.45, 2.75) is 26.2 Å². The van der Waals surface area contributed by atoms with Gasteiger partial charge in [-0.3, -0.25) is 4.98 Å². The summed E-state index contributed by atoms with van der Waals surface area (Å²) >= 11 is 1.88. The second-order valence-corrected chi connectivity index (χ2v) is 8.35.